The molecular weight excluding hydrogens is 199 g/mol. The third-order valence-corrected chi connectivity index (χ3v) is 1.49. The van der Waals surface area contributed by atoms with Crippen LogP contribution in [0, 0.1) is 0 Å². The number of aromatic nitrogens is 1. The van der Waals surface area contributed by atoms with Crippen molar-refractivity contribution in [3.8, 4) is 0 Å². The predicted molar refractivity (Wildman–Crippen MR) is 49.8 cm³/mol. The van der Waals surface area contributed by atoms with Crippen LogP contribution >= 0.6 is 11.3 Å². The second-order valence-corrected chi connectivity index (χ2v) is 2.23. The number of hydrogen-bond donors (Lipinski definition) is 0. The molecule has 0 unspecified atom stereocenters. The molecule has 0 aliphatic rings. The van der Waals surface area contributed by atoms with Crippen LogP contribution in [0.2, 0.25) is 0 Å². The highest BCUT2D eigenvalue weighted by atomic mass is 32.1. The molecule has 1 rings (SSSR count). The third kappa shape index (κ3) is 6.57. The van der Waals surface area contributed by atoms with E-state index in [-0.39, 0.29) is 0 Å². The number of nitrogens with zero attached hydrogens (tertiary/aromatic N) is 1. The molecule has 0 aromatic carbocycles. The molecule has 0 aliphatic heterocycles. The largest absolute Gasteiger partial charge is 0.443 e. The van der Waals surface area contributed by atoms with Crippen molar-refractivity contribution in [1.82, 2.24) is 4.98 Å². The highest BCUT2D eigenvalue weighted by Gasteiger charge is 2.33. The summed E-state index contributed by atoms with van der Waals surface area (Å²) in [6.07, 6.45) is -3.14. The lowest BCUT2D eigenvalue weighted by Crippen LogP contribution is -2.02. The summed E-state index contributed by atoms with van der Waals surface area (Å²) in [7, 11) is 0. The van der Waals surface area contributed by atoms with E-state index in [1.54, 1.807) is 0 Å². The molecule has 0 bridgehead atoms. The maximum atomic E-state index is 11.6. The zero-order valence-electron chi connectivity index (χ0n) is 8.14. The molecule has 0 saturated heterocycles. The van der Waals surface area contributed by atoms with Crippen LogP contribution in [-0.2, 0) is 6.18 Å². The second kappa shape index (κ2) is 8.04. The lowest BCUT2D eigenvalue weighted by molar-refractivity contribution is -0.137. The summed E-state index contributed by atoms with van der Waals surface area (Å²) < 4.78 is 34.7. The van der Waals surface area contributed by atoms with Crippen LogP contribution in [0.25, 0.3) is 0 Å². The molecule has 1 nitrogen and oxygen atoms in total. The van der Waals surface area contributed by atoms with Crippen LogP contribution in [-0.4, -0.2) is 4.98 Å². The van der Waals surface area contributed by atoms with Gasteiger partial charge in [0, 0.05) is 11.6 Å². The molecule has 5 heteroatoms. The molecule has 0 N–H and O–H groups in total. The van der Waals surface area contributed by atoms with Crippen LogP contribution in [0.15, 0.2) is 11.6 Å². The summed E-state index contributed by atoms with van der Waals surface area (Å²) in [5.74, 6) is 0. The lowest BCUT2D eigenvalue weighted by Gasteiger charge is -1.97. The average molecular weight is 213 g/mol. The summed E-state index contributed by atoms with van der Waals surface area (Å²) in [5.41, 5.74) is 0. The van der Waals surface area contributed by atoms with Gasteiger partial charge in [0.1, 0.15) is 0 Å². The van der Waals surface area contributed by atoms with E-state index in [9.17, 15) is 13.2 Å². The zero-order chi connectivity index (χ0) is 10.9. The Morgan fingerprint density at radius 3 is 1.77 bits per heavy atom. The van der Waals surface area contributed by atoms with E-state index in [4.69, 9.17) is 0 Å². The van der Waals surface area contributed by atoms with E-state index >= 15 is 0 Å². The van der Waals surface area contributed by atoms with Gasteiger partial charge >= 0.3 is 6.18 Å². The van der Waals surface area contributed by atoms with E-state index < -0.39 is 11.2 Å². The van der Waals surface area contributed by atoms with Crippen molar-refractivity contribution in [3.05, 3.63) is 16.6 Å². The van der Waals surface area contributed by atoms with Crippen LogP contribution in [0.5, 0.6) is 0 Å². The van der Waals surface area contributed by atoms with Gasteiger partial charge in [-0.1, -0.05) is 27.7 Å². The van der Waals surface area contributed by atoms with Gasteiger partial charge in [-0.25, -0.2) is 4.98 Å². The Kier molecular flexibility index (Phi) is 9.22. The molecule has 0 radical (unpaired) electrons. The summed E-state index contributed by atoms with van der Waals surface area (Å²) in [6, 6.07) is 0. The molecule has 1 aromatic heterocycles. The quantitative estimate of drug-likeness (QED) is 0.629. The van der Waals surface area contributed by atoms with Gasteiger partial charge in [-0.3, -0.25) is 0 Å². The molecule has 1 aromatic rings. The molecule has 0 fully saturated rings. The van der Waals surface area contributed by atoms with Gasteiger partial charge in [-0.2, -0.15) is 13.2 Å². The Labute approximate surface area is 80.6 Å². The highest BCUT2D eigenvalue weighted by Crippen LogP contribution is 2.30. The normalized spacial score (nSPS) is 9.15. The molecule has 0 amide bonds. The summed E-state index contributed by atoms with van der Waals surface area (Å²) in [4.78, 5) is 3.08. The van der Waals surface area contributed by atoms with Crippen LogP contribution in [0.3, 0.4) is 0 Å². The van der Waals surface area contributed by atoms with Crippen molar-refractivity contribution in [2.75, 3.05) is 0 Å². The van der Waals surface area contributed by atoms with Gasteiger partial charge in [0.15, 0.2) is 5.01 Å². The van der Waals surface area contributed by atoms with Crippen molar-refractivity contribution in [1.29, 1.82) is 0 Å². The number of rotatable bonds is 0. The van der Waals surface area contributed by atoms with Crippen LogP contribution in [0.1, 0.15) is 32.7 Å². The van der Waals surface area contributed by atoms with Gasteiger partial charge in [0.2, 0.25) is 0 Å². The number of hydrogen-bond acceptors (Lipinski definition) is 2. The topological polar surface area (TPSA) is 12.9 Å². The Hall–Kier alpha value is -0.580. The third-order valence-electron chi connectivity index (χ3n) is 0.675. The Balaban J connectivity index is 0. The number of halogens is 3. The maximum absolute atomic E-state index is 11.6. The fraction of sp³-hybridized carbons (Fsp3) is 0.625. The van der Waals surface area contributed by atoms with Crippen molar-refractivity contribution < 1.29 is 13.2 Å². The van der Waals surface area contributed by atoms with E-state index in [2.05, 4.69) is 4.98 Å². The van der Waals surface area contributed by atoms with E-state index in [0.29, 0.717) is 11.3 Å². The minimum absolute atomic E-state index is 0.594. The lowest BCUT2D eigenvalue weighted by atomic mass is 10.7. The monoisotopic (exact) mass is 213 g/mol. The fourth-order valence-electron chi connectivity index (χ4n) is 0.363. The van der Waals surface area contributed by atoms with Crippen molar-refractivity contribution in [3.63, 3.8) is 0 Å². The number of alkyl halides is 3. The second-order valence-electron chi connectivity index (χ2n) is 1.34. The standard InChI is InChI=1S/C4H2F3NS.2C2H6/c5-4(6,7)3-8-1-2-9-3;2*1-2/h1-2H;2*1-2H3. The van der Waals surface area contributed by atoms with Gasteiger partial charge in [-0.05, 0) is 0 Å². The minimum atomic E-state index is -4.27. The molecule has 0 saturated carbocycles. The molecule has 0 atom stereocenters. The van der Waals surface area contributed by atoms with E-state index in [1.165, 1.54) is 5.38 Å². The zero-order valence-corrected chi connectivity index (χ0v) is 8.96. The Morgan fingerprint density at radius 1 is 1.15 bits per heavy atom. The molecular formula is C8H14F3NS. The van der Waals surface area contributed by atoms with Crippen molar-refractivity contribution in [2.45, 2.75) is 33.9 Å². The predicted octanol–water partition coefficient (Wildman–Crippen LogP) is 4.21. The van der Waals surface area contributed by atoms with Gasteiger partial charge < -0.3 is 0 Å². The smallest absolute Gasteiger partial charge is 0.241 e. The molecule has 0 spiro atoms. The molecule has 78 valence electrons. The van der Waals surface area contributed by atoms with Crippen molar-refractivity contribution >= 4 is 11.3 Å². The summed E-state index contributed by atoms with van der Waals surface area (Å²) in [6.45, 7) is 8.00. The number of thiazole rings is 1. The Bertz CT molecular complexity index is 182. The minimum Gasteiger partial charge on any atom is -0.241 e. The first-order chi connectivity index (χ1) is 6.11. The molecule has 13 heavy (non-hydrogen) atoms. The first-order valence-electron chi connectivity index (χ1n) is 4.07. The Morgan fingerprint density at radius 2 is 1.62 bits per heavy atom. The maximum Gasteiger partial charge on any atom is 0.443 e. The van der Waals surface area contributed by atoms with E-state index in [1.807, 2.05) is 27.7 Å². The van der Waals surface area contributed by atoms with Crippen LogP contribution < -0.4 is 0 Å². The van der Waals surface area contributed by atoms with Gasteiger partial charge in [-0.15, -0.1) is 11.3 Å². The molecule has 0 aliphatic carbocycles. The summed E-state index contributed by atoms with van der Waals surface area (Å²) in [5, 5.41) is 0.505. The summed E-state index contributed by atoms with van der Waals surface area (Å²) >= 11 is 0.594. The SMILES string of the molecule is CC.CC.FC(F)(F)c1nccs1. The molecule has 1 heterocycles. The first kappa shape index (κ1) is 14.9. The highest BCUT2D eigenvalue weighted by molar-refractivity contribution is 7.09. The van der Waals surface area contributed by atoms with Gasteiger partial charge in [0.05, 0.1) is 0 Å². The van der Waals surface area contributed by atoms with Gasteiger partial charge in [0.25, 0.3) is 0 Å². The fourth-order valence-corrected chi connectivity index (χ4v) is 0.869. The first-order valence-corrected chi connectivity index (χ1v) is 4.95. The van der Waals surface area contributed by atoms with Crippen molar-refractivity contribution in [2.24, 2.45) is 0 Å². The van der Waals surface area contributed by atoms with E-state index in [0.717, 1.165) is 6.20 Å². The van der Waals surface area contributed by atoms with Crippen LogP contribution in [0.4, 0.5) is 13.2 Å². The average Bonchev–Trinajstić information content (AvgIpc) is 2.63.